The topological polar surface area (TPSA) is 295 Å². The lowest BCUT2D eigenvalue weighted by atomic mass is 9.87. The van der Waals surface area contributed by atoms with E-state index >= 15 is 4.39 Å². The van der Waals surface area contributed by atoms with Gasteiger partial charge in [0.15, 0.2) is 34.9 Å². The number of aromatic carboxylic acids is 1. The Hall–Kier alpha value is -7.99. The molecule has 0 aliphatic heterocycles. The van der Waals surface area contributed by atoms with Gasteiger partial charge in [-0.2, -0.15) is 30.1 Å². The van der Waals surface area contributed by atoms with Crippen LogP contribution in [0.1, 0.15) is 154 Å². The number of hydrogen-bond donors (Lipinski definition) is 4. The molecule has 2 aromatic carbocycles. The van der Waals surface area contributed by atoms with Gasteiger partial charge in [0.2, 0.25) is 17.7 Å². The van der Waals surface area contributed by atoms with Crippen molar-refractivity contribution in [2.75, 3.05) is 10.6 Å². The van der Waals surface area contributed by atoms with Gasteiger partial charge >= 0.3 is 11.9 Å². The number of carbonyl (C=O) groups excluding carboxylic acids is 1. The van der Waals surface area contributed by atoms with Crippen LogP contribution in [0.3, 0.4) is 0 Å². The molecule has 2 aliphatic rings. The number of nitrogens with zero attached hydrogens (tertiary/aromatic N) is 14. The summed E-state index contributed by atoms with van der Waals surface area (Å²) >= 11 is 0. The van der Waals surface area contributed by atoms with Gasteiger partial charge < -0.3 is 30.5 Å². The Kier molecular flexibility index (Phi) is 17.4. The van der Waals surface area contributed by atoms with E-state index in [1.807, 2.05) is 54.7 Å². The quantitative estimate of drug-likeness (QED) is 0.0732. The van der Waals surface area contributed by atoms with Crippen LogP contribution < -0.4 is 16.4 Å². The summed E-state index contributed by atoms with van der Waals surface area (Å²) in [5.74, 6) is 0.454. The number of benzene rings is 2. The average molecular weight is 1060 g/mol. The van der Waals surface area contributed by atoms with Crippen molar-refractivity contribution >= 4 is 47.7 Å². The standard InChI is InChI=1S/C26H29FN8O2.C18H20FN7.C7H10N2O3.ClH/c1-26(2,3)24-32-23(37-34-24)20(36)12-16-8-6-5-7-15-11-18(19(27)13-17(15)16)22-28-14-29-25(31-22)30-21-9-10-35(4)33-21;1-26-7-6-16(25-26)23-18-22-10-21-17(24-18)13-8-11-4-2-3-5-15(20)12(11)9-14(13)19;1-7(2,3)6-8-4(5(10)11)12-9-6;/h9-11,13-14,16H,5-8,12H2,1-4H3,(H,28,29,30,31,33);6-10,15H,2-5,20H2,1H3,(H,21,22,23,24,25);1-3H3,(H,10,11);1H/t16-;15-;;/m01../s1. The number of aromatic nitrogens is 14. The number of carbonyl (C=O) groups is 2. The number of rotatable bonds is 10. The van der Waals surface area contributed by atoms with Crippen molar-refractivity contribution in [1.82, 2.24) is 69.7 Å². The Morgan fingerprint density at radius 3 is 1.62 bits per heavy atom. The van der Waals surface area contributed by atoms with Crippen molar-refractivity contribution < 1.29 is 32.5 Å². The molecule has 0 unspecified atom stereocenters. The van der Waals surface area contributed by atoms with Crippen LogP contribution >= 0.6 is 12.4 Å². The third-order valence-electron chi connectivity index (χ3n) is 12.3. The third kappa shape index (κ3) is 13.8. The fourth-order valence-electron chi connectivity index (χ4n) is 8.41. The van der Waals surface area contributed by atoms with Crippen LogP contribution in [0.5, 0.6) is 0 Å². The molecule has 22 nitrogen and oxygen atoms in total. The molecule has 5 N–H and O–H groups in total. The largest absolute Gasteiger partial charge is 0.474 e. The second-order valence-electron chi connectivity index (χ2n) is 20.4. The van der Waals surface area contributed by atoms with Crippen molar-refractivity contribution in [1.29, 1.82) is 0 Å². The van der Waals surface area contributed by atoms with Crippen molar-refractivity contribution in [3.8, 4) is 22.8 Å². The molecule has 400 valence electrons. The average Bonchev–Trinajstić information content (AvgIpc) is 4.19. The number of halogens is 3. The van der Waals surface area contributed by atoms with Crippen molar-refractivity contribution in [3.05, 3.63) is 119 Å². The molecule has 0 bridgehead atoms. The molecular weight excluding hydrogens is 1000 g/mol. The van der Waals surface area contributed by atoms with E-state index in [9.17, 15) is 14.0 Å². The number of carboxylic acids is 1. The first-order valence-corrected chi connectivity index (χ1v) is 24.5. The Morgan fingerprint density at radius 2 is 1.16 bits per heavy atom. The summed E-state index contributed by atoms with van der Waals surface area (Å²) in [7, 11) is 3.63. The highest BCUT2D eigenvalue weighted by Gasteiger charge is 2.29. The molecule has 8 aromatic rings. The molecule has 0 amide bonds. The van der Waals surface area contributed by atoms with E-state index in [2.05, 4.69) is 75.5 Å². The first-order valence-electron chi connectivity index (χ1n) is 24.5. The smallest absolute Gasteiger partial charge is 0.394 e. The van der Waals surface area contributed by atoms with Crippen LogP contribution in [0.25, 0.3) is 22.8 Å². The van der Waals surface area contributed by atoms with Gasteiger partial charge in [0.1, 0.15) is 24.3 Å². The molecular formula is C51H60ClF2N17O5. The van der Waals surface area contributed by atoms with Crippen LogP contribution in [0, 0.1) is 11.6 Å². The normalized spacial score (nSPS) is 15.2. The second-order valence-corrected chi connectivity index (χ2v) is 20.4. The van der Waals surface area contributed by atoms with E-state index < -0.39 is 11.8 Å². The summed E-state index contributed by atoms with van der Waals surface area (Å²) < 4.78 is 43.3. The number of anilines is 4. The van der Waals surface area contributed by atoms with E-state index in [1.54, 1.807) is 47.0 Å². The molecule has 6 heterocycles. The molecule has 2 atom stereocenters. The molecule has 0 fully saturated rings. The maximum Gasteiger partial charge on any atom is 0.394 e. The van der Waals surface area contributed by atoms with E-state index in [0.29, 0.717) is 40.4 Å². The molecule has 2 aliphatic carbocycles. The Balaban J connectivity index is 0.000000186. The van der Waals surface area contributed by atoms with Crippen LogP contribution in [0.4, 0.5) is 32.3 Å². The number of carboxylic acid groups (broad SMARTS) is 1. The maximum atomic E-state index is 15.5. The highest BCUT2D eigenvalue weighted by Crippen LogP contribution is 2.38. The summed E-state index contributed by atoms with van der Waals surface area (Å²) in [5.41, 5.74) is 10.0. The van der Waals surface area contributed by atoms with Gasteiger partial charge in [-0.05, 0) is 91.0 Å². The van der Waals surface area contributed by atoms with Gasteiger partial charge in [-0.25, -0.2) is 33.5 Å². The number of hydrogen-bond acceptors (Lipinski definition) is 19. The zero-order valence-electron chi connectivity index (χ0n) is 43.4. The van der Waals surface area contributed by atoms with Gasteiger partial charge in [-0.1, -0.05) is 64.7 Å². The second kappa shape index (κ2) is 23.7. The summed E-state index contributed by atoms with van der Waals surface area (Å²) in [6.07, 6.45) is 13.8. The predicted octanol–water partition coefficient (Wildman–Crippen LogP) is 9.29. The lowest BCUT2D eigenvalue weighted by Crippen LogP contribution is -2.14. The molecule has 76 heavy (non-hydrogen) atoms. The van der Waals surface area contributed by atoms with Gasteiger partial charge in [0.25, 0.3) is 5.89 Å². The fraction of sp³-hybridized carbons (Fsp3) is 0.412. The summed E-state index contributed by atoms with van der Waals surface area (Å²) in [5, 5.41) is 30.4. The van der Waals surface area contributed by atoms with Crippen molar-refractivity contribution in [2.24, 2.45) is 19.8 Å². The number of nitrogens with two attached hydrogens (primary N) is 1. The van der Waals surface area contributed by atoms with E-state index in [4.69, 9.17) is 15.4 Å². The minimum atomic E-state index is -1.20. The zero-order valence-corrected chi connectivity index (χ0v) is 44.2. The summed E-state index contributed by atoms with van der Waals surface area (Å²) in [4.78, 5) is 56.7. The maximum absolute atomic E-state index is 15.5. The number of fused-ring (bicyclic) bond motifs is 2. The number of Topliss-reactive ketones (excluding diaryl/α,β-unsaturated/α-hetero) is 1. The zero-order chi connectivity index (χ0) is 53.6. The molecule has 6 aromatic heterocycles. The van der Waals surface area contributed by atoms with E-state index in [0.717, 1.165) is 73.6 Å². The van der Waals surface area contributed by atoms with Crippen LogP contribution in [-0.2, 0) is 37.8 Å². The molecule has 0 saturated heterocycles. The third-order valence-corrected chi connectivity index (χ3v) is 12.3. The van der Waals surface area contributed by atoms with Gasteiger partial charge in [-0.15, -0.1) is 12.4 Å². The lowest BCUT2D eigenvalue weighted by Gasteiger charge is -2.18. The van der Waals surface area contributed by atoms with Gasteiger partial charge in [0, 0.05) is 61.9 Å². The summed E-state index contributed by atoms with van der Waals surface area (Å²) in [6, 6.07) is 10.2. The molecule has 0 radical (unpaired) electrons. The van der Waals surface area contributed by atoms with E-state index in [1.165, 1.54) is 24.8 Å². The van der Waals surface area contributed by atoms with Crippen molar-refractivity contribution in [2.45, 2.75) is 122 Å². The molecule has 25 heteroatoms. The Morgan fingerprint density at radius 1 is 0.684 bits per heavy atom. The van der Waals surface area contributed by atoms with Crippen molar-refractivity contribution in [3.63, 3.8) is 0 Å². The van der Waals surface area contributed by atoms with E-state index in [-0.39, 0.29) is 82.6 Å². The highest BCUT2D eigenvalue weighted by molar-refractivity contribution is 5.92. The predicted molar refractivity (Wildman–Crippen MR) is 277 cm³/mol. The molecule has 10 rings (SSSR count). The minimum Gasteiger partial charge on any atom is -0.474 e. The SMILES string of the molecule is CC(C)(C)c1noc(C(=O)O)n1.Cl.Cn1ccc(Nc2ncnc(-c3cc4c(cc3F)[C@H](CC(=O)c3nc(C(C)(C)C)no3)CCCC4)n2)n1.Cn1ccc(Nc2ncnc(-c3cc4c(cc3F)[C@H](N)CCCC4)n2)n1. The Bertz CT molecular complexity index is 3310. The minimum absolute atomic E-state index is 0. The van der Waals surface area contributed by atoms with Gasteiger partial charge in [0.05, 0.1) is 11.1 Å². The van der Waals surface area contributed by atoms with Gasteiger partial charge in [-0.3, -0.25) is 14.2 Å². The number of ketones is 1. The molecule has 0 spiro atoms. The van der Waals surface area contributed by atoms with Crippen LogP contribution in [-0.4, -0.2) is 86.6 Å². The first kappa shape index (κ1) is 55.8. The van der Waals surface area contributed by atoms with Crippen LogP contribution in [0.2, 0.25) is 0 Å². The monoisotopic (exact) mass is 1060 g/mol. The first-order chi connectivity index (χ1) is 35.7. The molecule has 0 saturated carbocycles. The number of aryl methyl sites for hydroxylation is 4. The van der Waals surface area contributed by atoms with Crippen LogP contribution in [0.15, 0.2) is 70.5 Å². The number of nitrogens with one attached hydrogen (secondary N) is 2. The fourth-order valence-corrected chi connectivity index (χ4v) is 8.41. The highest BCUT2D eigenvalue weighted by atomic mass is 35.5. The summed E-state index contributed by atoms with van der Waals surface area (Å²) in [6.45, 7) is 11.5. The Labute approximate surface area is 442 Å². The lowest BCUT2D eigenvalue weighted by molar-refractivity contribution is 0.0643.